The Labute approximate surface area is 89.7 Å². The summed E-state index contributed by atoms with van der Waals surface area (Å²) in [6.45, 7) is 2.24. The summed E-state index contributed by atoms with van der Waals surface area (Å²) in [5, 5.41) is 3.40. The molecule has 1 aliphatic heterocycles. The third-order valence-corrected chi connectivity index (χ3v) is 3.28. The summed E-state index contributed by atoms with van der Waals surface area (Å²) >= 11 is 0. The molecule has 3 rings (SSSR count). The first kappa shape index (κ1) is 9.21. The van der Waals surface area contributed by atoms with Crippen molar-refractivity contribution >= 4 is 6.01 Å². The maximum Gasteiger partial charge on any atom is 0.297 e. The Morgan fingerprint density at radius 1 is 1.20 bits per heavy atom. The van der Waals surface area contributed by atoms with Gasteiger partial charge in [0.25, 0.3) is 6.01 Å². The molecular formula is C11H17N3O. The van der Waals surface area contributed by atoms with Crippen molar-refractivity contribution < 1.29 is 4.42 Å². The Morgan fingerprint density at radius 2 is 1.93 bits per heavy atom. The molecule has 1 aromatic heterocycles. The van der Waals surface area contributed by atoms with Crippen LogP contribution in [0.1, 0.15) is 25.7 Å². The maximum absolute atomic E-state index is 5.44. The van der Waals surface area contributed by atoms with Gasteiger partial charge in [0.2, 0.25) is 0 Å². The number of oxazole rings is 1. The van der Waals surface area contributed by atoms with Gasteiger partial charge in [0.05, 0.1) is 6.20 Å². The van der Waals surface area contributed by atoms with Crippen molar-refractivity contribution in [1.82, 2.24) is 10.3 Å². The average molecular weight is 207 g/mol. The van der Waals surface area contributed by atoms with Gasteiger partial charge in [0.1, 0.15) is 6.26 Å². The summed E-state index contributed by atoms with van der Waals surface area (Å²) in [5.41, 5.74) is 0. The Balaban J connectivity index is 1.77. The van der Waals surface area contributed by atoms with Crippen molar-refractivity contribution in [1.29, 1.82) is 0 Å². The first-order valence-electron chi connectivity index (χ1n) is 5.84. The van der Waals surface area contributed by atoms with Crippen LogP contribution in [0.15, 0.2) is 16.9 Å². The van der Waals surface area contributed by atoms with Gasteiger partial charge < -0.3 is 14.6 Å². The van der Waals surface area contributed by atoms with Gasteiger partial charge in [-0.1, -0.05) is 0 Å². The number of hydrogen-bond donors (Lipinski definition) is 1. The van der Waals surface area contributed by atoms with Gasteiger partial charge in [-0.15, -0.1) is 0 Å². The molecule has 0 unspecified atom stereocenters. The second-order valence-electron chi connectivity index (χ2n) is 4.43. The zero-order valence-corrected chi connectivity index (χ0v) is 8.85. The van der Waals surface area contributed by atoms with Crippen LogP contribution in [-0.4, -0.2) is 30.2 Å². The summed E-state index contributed by atoms with van der Waals surface area (Å²) in [5.74, 6) is 0. The first-order chi connectivity index (χ1) is 7.45. The van der Waals surface area contributed by atoms with Crippen molar-refractivity contribution in [3.8, 4) is 0 Å². The van der Waals surface area contributed by atoms with E-state index in [1.54, 1.807) is 12.5 Å². The van der Waals surface area contributed by atoms with Crippen molar-refractivity contribution in [2.45, 2.75) is 37.8 Å². The Hall–Kier alpha value is -1.03. The molecule has 4 heteroatoms. The fraction of sp³-hybridized carbons (Fsp3) is 0.727. The normalized spacial score (nSPS) is 22.9. The SMILES string of the molecule is c1coc(N(C2CCNCC2)C2CC2)n1. The molecule has 1 N–H and O–H groups in total. The number of rotatable bonds is 3. The van der Waals surface area contributed by atoms with Crippen LogP contribution in [0.2, 0.25) is 0 Å². The van der Waals surface area contributed by atoms with E-state index in [1.165, 1.54) is 25.7 Å². The molecule has 2 aliphatic rings. The van der Waals surface area contributed by atoms with Crippen LogP contribution in [0.25, 0.3) is 0 Å². The van der Waals surface area contributed by atoms with Crippen LogP contribution in [-0.2, 0) is 0 Å². The predicted octanol–water partition coefficient (Wildman–Crippen LogP) is 1.40. The zero-order chi connectivity index (χ0) is 10.1. The standard InChI is InChI=1S/C11H17N3O/c1-2-9(1)14(11-13-7-8-15-11)10-3-5-12-6-4-10/h7-10,12H,1-6H2. The molecule has 1 saturated carbocycles. The number of anilines is 1. The minimum atomic E-state index is 0.623. The molecule has 2 heterocycles. The van der Waals surface area contributed by atoms with Crippen LogP contribution in [0.4, 0.5) is 6.01 Å². The minimum absolute atomic E-state index is 0.623. The lowest BCUT2D eigenvalue weighted by Crippen LogP contribution is -2.44. The highest BCUT2D eigenvalue weighted by Crippen LogP contribution is 2.34. The summed E-state index contributed by atoms with van der Waals surface area (Å²) in [7, 11) is 0. The van der Waals surface area contributed by atoms with Gasteiger partial charge in [-0.05, 0) is 38.8 Å². The molecule has 4 nitrogen and oxygen atoms in total. The lowest BCUT2D eigenvalue weighted by molar-refractivity contribution is 0.400. The number of aromatic nitrogens is 1. The average Bonchev–Trinajstić information content (AvgIpc) is 2.96. The molecule has 1 aliphatic carbocycles. The number of nitrogens with zero attached hydrogens (tertiary/aromatic N) is 2. The van der Waals surface area contributed by atoms with E-state index in [-0.39, 0.29) is 0 Å². The lowest BCUT2D eigenvalue weighted by atomic mass is 10.1. The molecule has 0 bridgehead atoms. The third-order valence-electron chi connectivity index (χ3n) is 3.28. The molecular weight excluding hydrogens is 190 g/mol. The molecule has 1 saturated heterocycles. The van der Waals surface area contributed by atoms with Crippen LogP contribution in [0.5, 0.6) is 0 Å². The van der Waals surface area contributed by atoms with Gasteiger partial charge in [-0.3, -0.25) is 0 Å². The number of piperidine rings is 1. The van der Waals surface area contributed by atoms with Crippen LogP contribution >= 0.6 is 0 Å². The number of hydrogen-bond acceptors (Lipinski definition) is 4. The fourth-order valence-electron chi connectivity index (χ4n) is 2.39. The fourth-order valence-corrected chi connectivity index (χ4v) is 2.39. The smallest absolute Gasteiger partial charge is 0.297 e. The second-order valence-corrected chi connectivity index (χ2v) is 4.43. The highest BCUT2D eigenvalue weighted by atomic mass is 16.4. The van der Waals surface area contributed by atoms with Crippen molar-refractivity contribution in [2.75, 3.05) is 18.0 Å². The topological polar surface area (TPSA) is 41.3 Å². The van der Waals surface area contributed by atoms with Crippen LogP contribution < -0.4 is 10.2 Å². The molecule has 0 aromatic carbocycles. The van der Waals surface area contributed by atoms with E-state index in [4.69, 9.17) is 4.42 Å². The Kier molecular flexibility index (Phi) is 2.37. The summed E-state index contributed by atoms with van der Waals surface area (Å²) < 4.78 is 5.44. The zero-order valence-electron chi connectivity index (χ0n) is 8.85. The van der Waals surface area contributed by atoms with Gasteiger partial charge >= 0.3 is 0 Å². The van der Waals surface area contributed by atoms with Gasteiger partial charge in [-0.25, -0.2) is 4.98 Å². The highest BCUT2D eigenvalue weighted by Gasteiger charge is 2.36. The predicted molar refractivity (Wildman–Crippen MR) is 57.9 cm³/mol. The quantitative estimate of drug-likeness (QED) is 0.813. The molecule has 2 fully saturated rings. The molecule has 0 amide bonds. The summed E-state index contributed by atoms with van der Waals surface area (Å²) in [4.78, 5) is 6.70. The van der Waals surface area contributed by atoms with E-state index in [2.05, 4.69) is 15.2 Å². The minimum Gasteiger partial charge on any atom is -0.432 e. The summed E-state index contributed by atoms with van der Waals surface area (Å²) in [6, 6.07) is 2.13. The number of nitrogens with one attached hydrogen (secondary N) is 1. The highest BCUT2D eigenvalue weighted by molar-refractivity contribution is 5.32. The van der Waals surface area contributed by atoms with Gasteiger partial charge in [-0.2, -0.15) is 0 Å². The molecule has 0 atom stereocenters. The van der Waals surface area contributed by atoms with E-state index in [9.17, 15) is 0 Å². The van der Waals surface area contributed by atoms with E-state index in [0.717, 1.165) is 19.1 Å². The second kappa shape index (κ2) is 3.85. The van der Waals surface area contributed by atoms with E-state index in [0.29, 0.717) is 12.1 Å². The monoisotopic (exact) mass is 207 g/mol. The first-order valence-corrected chi connectivity index (χ1v) is 5.84. The maximum atomic E-state index is 5.44. The van der Waals surface area contributed by atoms with E-state index >= 15 is 0 Å². The molecule has 0 spiro atoms. The van der Waals surface area contributed by atoms with Crippen LogP contribution in [0, 0.1) is 0 Å². The van der Waals surface area contributed by atoms with Crippen molar-refractivity contribution in [3.05, 3.63) is 12.5 Å². The van der Waals surface area contributed by atoms with Crippen molar-refractivity contribution in [2.24, 2.45) is 0 Å². The molecule has 82 valence electrons. The van der Waals surface area contributed by atoms with E-state index < -0.39 is 0 Å². The Morgan fingerprint density at radius 3 is 2.53 bits per heavy atom. The van der Waals surface area contributed by atoms with Crippen molar-refractivity contribution in [3.63, 3.8) is 0 Å². The van der Waals surface area contributed by atoms with Gasteiger partial charge in [0, 0.05) is 12.1 Å². The molecule has 1 aromatic rings. The van der Waals surface area contributed by atoms with Crippen LogP contribution in [0.3, 0.4) is 0 Å². The summed E-state index contributed by atoms with van der Waals surface area (Å²) in [6.07, 6.45) is 8.42. The third kappa shape index (κ3) is 1.86. The molecule has 15 heavy (non-hydrogen) atoms. The largest absolute Gasteiger partial charge is 0.432 e. The van der Waals surface area contributed by atoms with E-state index in [1.807, 2.05) is 0 Å². The lowest BCUT2D eigenvalue weighted by Gasteiger charge is -2.33. The Bertz CT molecular complexity index is 302. The molecule has 0 radical (unpaired) electrons. The van der Waals surface area contributed by atoms with Gasteiger partial charge in [0.15, 0.2) is 0 Å².